The molecule has 0 aliphatic heterocycles. The van der Waals surface area contributed by atoms with Crippen molar-refractivity contribution < 1.29 is 14.3 Å². The number of benzene rings is 1. The number of hydrogen-bond donors (Lipinski definition) is 2. The van der Waals surface area contributed by atoms with E-state index >= 15 is 0 Å². The summed E-state index contributed by atoms with van der Waals surface area (Å²) in [6.45, 7) is 11.6. The quantitative estimate of drug-likeness (QED) is 0.132. The molecule has 0 saturated heterocycles. The highest BCUT2D eigenvalue weighted by Crippen LogP contribution is 2.49. The van der Waals surface area contributed by atoms with Crippen molar-refractivity contribution >= 4 is 8.60 Å². The van der Waals surface area contributed by atoms with Crippen LogP contribution in [-0.4, -0.2) is 9.79 Å². The second-order valence-electron chi connectivity index (χ2n) is 10.5. The number of rotatable bonds is 21. The summed E-state index contributed by atoms with van der Waals surface area (Å²) >= 11 is 0. The molecule has 1 aromatic carbocycles. The molecule has 1 aromatic rings. The maximum atomic E-state index is 9.76. The topological polar surface area (TPSA) is 49.7 Å². The van der Waals surface area contributed by atoms with Crippen LogP contribution in [0.25, 0.3) is 0 Å². The second-order valence-corrected chi connectivity index (χ2v) is 11.2. The van der Waals surface area contributed by atoms with Crippen molar-refractivity contribution in [3.05, 3.63) is 29.8 Å². The highest BCUT2D eigenvalue weighted by atomic mass is 31.2. The summed E-state index contributed by atoms with van der Waals surface area (Å²) in [6, 6.07) is 8.25. The van der Waals surface area contributed by atoms with Crippen LogP contribution in [0, 0.1) is 11.8 Å². The lowest BCUT2D eigenvalue weighted by atomic mass is 9.64. The monoisotopic (exact) mass is 494 g/mol. The van der Waals surface area contributed by atoms with Crippen molar-refractivity contribution in [2.45, 2.75) is 143 Å². The zero-order valence-corrected chi connectivity index (χ0v) is 23.9. The van der Waals surface area contributed by atoms with Gasteiger partial charge in [0, 0.05) is 5.56 Å². The highest BCUT2D eigenvalue weighted by Gasteiger charge is 2.38. The molecule has 0 radical (unpaired) electrons. The van der Waals surface area contributed by atoms with E-state index in [4.69, 9.17) is 4.52 Å². The average molecular weight is 495 g/mol. The lowest BCUT2D eigenvalue weighted by Crippen LogP contribution is -2.33. The minimum atomic E-state index is -2.43. The summed E-state index contributed by atoms with van der Waals surface area (Å²) in [6.07, 6.45) is 20.0. The summed E-state index contributed by atoms with van der Waals surface area (Å²) in [7, 11) is -2.43. The van der Waals surface area contributed by atoms with Gasteiger partial charge >= 0.3 is 8.60 Å². The minimum absolute atomic E-state index is 0.0248. The first-order valence-corrected chi connectivity index (χ1v) is 15.6. The van der Waals surface area contributed by atoms with Crippen molar-refractivity contribution in [3.8, 4) is 5.75 Å². The van der Waals surface area contributed by atoms with Crippen LogP contribution in [0.2, 0.25) is 0 Å². The van der Waals surface area contributed by atoms with E-state index in [1.54, 1.807) is 0 Å². The summed E-state index contributed by atoms with van der Waals surface area (Å²) in [5, 5.41) is 0. The first-order chi connectivity index (χ1) is 16.5. The molecule has 4 heteroatoms. The van der Waals surface area contributed by atoms with E-state index in [2.05, 4.69) is 46.8 Å². The van der Waals surface area contributed by atoms with Crippen molar-refractivity contribution in [1.82, 2.24) is 0 Å². The van der Waals surface area contributed by atoms with Gasteiger partial charge in [0.15, 0.2) is 0 Å². The smallest absolute Gasteiger partial charge is 0.391 e. The Morgan fingerprint density at radius 2 is 1.26 bits per heavy atom. The fourth-order valence-corrected chi connectivity index (χ4v) is 6.11. The Kier molecular flexibility index (Phi) is 17.2. The normalized spacial score (nSPS) is 15.3. The Hall–Kier alpha value is -0.630. The van der Waals surface area contributed by atoms with E-state index in [0.717, 1.165) is 6.42 Å². The molecular weight excluding hydrogens is 439 g/mol. The second kappa shape index (κ2) is 18.6. The molecule has 0 aliphatic carbocycles. The van der Waals surface area contributed by atoms with E-state index in [-0.39, 0.29) is 5.41 Å². The zero-order valence-electron chi connectivity index (χ0n) is 23.0. The molecule has 34 heavy (non-hydrogen) atoms. The van der Waals surface area contributed by atoms with Gasteiger partial charge in [0.25, 0.3) is 0 Å². The molecule has 0 aliphatic rings. The molecule has 0 spiro atoms. The molecule has 1 rings (SSSR count). The first kappa shape index (κ1) is 31.4. The van der Waals surface area contributed by atoms with Gasteiger partial charge in [-0.05, 0) is 42.6 Å². The van der Waals surface area contributed by atoms with Gasteiger partial charge in [0.05, 0.1) is 0 Å². The van der Waals surface area contributed by atoms with Gasteiger partial charge in [-0.2, -0.15) is 0 Å². The van der Waals surface area contributed by atoms with Crippen molar-refractivity contribution in [2.75, 3.05) is 0 Å². The largest absolute Gasteiger partial charge is 0.427 e. The maximum absolute atomic E-state index is 9.76. The summed E-state index contributed by atoms with van der Waals surface area (Å²) in [5.41, 5.74) is 1.24. The first-order valence-electron chi connectivity index (χ1n) is 14.4. The minimum Gasteiger partial charge on any atom is -0.427 e. The lowest BCUT2D eigenvalue weighted by Gasteiger charge is -2.41. The van der Waals surface area contributed by atoms with Crippen LogP contribution in [0.3, 0.4) is 0 Å². The van der Waals surface area contributed by atoms with E-state index < -0.39 is 8.60 Å². The van der Waals surface area contributed by atoms with Crippen LogP contribution < -0.4 is 4.52 Å². The van der Waals surface area contributed by atoms with E-state index in [9.17, 15) is 9.79 Å². The fourth-order valence-electron chi connectivity index (χ4n) is 5.77. The van der Waals surface area contributed by atoms with Gasteiger partial charge < -0.3 is 14.3 Å². The summed E-state index contributed by atoms with van der Waals surface area (Å²) in [4.78, 5) is 19.5. The molecule has 198 valence electrons. The molecule has 3 nitrogen and oxygen atoms in total. The zero-order chi connectivity index (χ0) is 25.2. The van der Waals surface area contributed by atoms with Crippen LogP contribution in [0.15, 0.2) is 24.3 Å². The predicted octanol–water partition coefficient (Wildman–Crippen LogP) is 10.1. The van der Waals surface area contributed by atoms with Crippen molar-refractivity contribution in [1.29, 1.82) is 0 Å². The van der Waals surface area contributed by atoms with Gasteiger partial charge in [-0.3, -0.25) is 0 Å². The molecule has 0 saturated carbocycles. The van der Waals surface area contributed by atoms with Crippen LogP contribution >= 0.6 is 8.60 Å². The van der Waals surface area contributed by atoms with Crippen LogP contribution in [0.1, 0.15) is 143 Å². The van der Waals surface area contributed by atoms with Crippen LogP contribution in [-0.2, 0) is 5.41 Å². The fraction of sp³-hybridized carbons (Fsp3) is 0.800. The van der Waals surface area contributed by atoms with Crippen LogP contribution in [0.5, 0.6) is 5.75 Å². The Labute approximate surface area is 213 Å². The Morgan fingerprint density at radius 1 is 0.735 bits per heavy atom. The lowest BCUT2D eigenvalue weighted by molar-refractivity contribution is 0.205. The Bertz CT molecular complexity index is 601. The third-order valence-corrected chi connectivity index (χ3v) is 8.20. The Morgan fingerprint density at radius 3 is 1.76 bits per heavy atom. The number of para-hydroxylation sites is 1. The predicted molar refractivity (Wildman–Crippen MR) is 149 cm³/mol. The summed E-state index contributed by atoms with van der Waals surface area (Å²) in [5.74, 6) is 2.07. The third kappa shape index (κ3) is 11.4. The molecule has 2 N–H and O–H groups in total. The third-order valence-electron chi connectivity index (χ3n) is 7.84. The van der Waals surface area contributed by atoms with Gasteiger partial charge in [-0.25, -0.2) is 0 Å². The van der Waals surface area contributed by atoms with Gasteiger partial charge in [-0.1, -0.05) is 136 Å². The van der Waals surface area contributed by atoms with E-state index in [0.29, 0.717) is 17.6 Å². The van der Waals surface area contributed by atoms with Crippen molar-refractivity contribution in [3.63, 3.8) is 0 Å². The standard InChI is InChI=1S/C30H55O3P/c1-6-11-14-15-18-23-30(24-26(9-4)19-12-7-2,25-27(10-5)20-13-8-3)28-21-16-17-22-29(28)33-34(31)32/h16-17,21-22,26-27,31-32H,6-15,18-20,23-25H2,1-5H3. The molecular formula is C30H55O3P. The highest BCUT2D eigenvalue weighted by molar-refractivity contribution is 7.39. The molecule has 0 fully saturated rings. The van der Waals surface area contributed by atoms with Gasteiger partial charge in [-0.15, -0.1) is 0 Å². The Balaban J connectivity index is 3.45. The number of hydrogen-bond acceptors (Lipinski definition) is 3. The molecule has 2 atom stereocenters. The summed E-state index contributed by atoms with van der Waals surface area (Å²) < 4.78 is 5.66. The molecule has 0 amide bonds. The average Bonchev–Trinajstić information content (AvgIpc) is 2.83. The molecule has 0 bridgehead atoms. The van der Waals surface area contributed by atoms with Crippen LogP contribution in [0.4, 0.5) is 0 Å². The molecule has 0 heterocycles. The van der Waals surface area contributed by atoms with E-state index in [1.807, 2.05) is 12.1 Å². The molecule has 2 unspecified atom stereocenters. The van der Waals surface area contributed by atoms with Crippen molar-refractivity contribution in [2.24, 2.45) is 11.8 Å². The molecule has 0 aromatic heterocycles. The van der Waals surface area contributed by atoms with E-state index in [1.165, 1.54) is 102 Å². The van der Waals surface area contributed by atoms with Gasteiger partial charge in [0.2, 0.25) is 0 Å². The maximum Gasteiger partial charge on any atom is 0.391 e. The SMILES string of the molecule is CCCCCCCC(CC(CC)CCCC)(CC(CC)CCCC)c1ccccc1OP(O)O. The van der Waals surface area contributed by atoms with Gasteiger partial charge in [0.1, 0.15) is 5.75 Å². The number of unbranched alkanes of at least 4 members (excludes halogenated alkanes) is 6.